The number of amides is 1. The molecule has 1 aliphatic heterocycles. The third kappa shape index (κ3) is 4.06. The molecule has 112 valence electrons. The highest BCUT2D eigenvalue weighted by molar-refractivity contribution is 5.78. The summed E-state index contributed by atoms with van der Waals surface area (Å²) in [5, 5.41) is 12.1. The van der Waals surface area contributed by atoms with Gasteiger partial charge in [0.15, 0.2) is 0 Å². The van der Waals surface area contributed by atoms with Gasteiger partial charge in [-0.1, -0.05) is 0 Å². The van der Waals surface area contributed by atoms with Crippen molar-refractivity contribution >= 4 is 5.91 Å². The van der Waals surface area contributed by atoms with Gasteiger partial charge in [0.1, 0.15) is 5.76 Å². The van der Waals surface area contributed by atoms with E-state index >= 15 is 0 Å². The van der Waals surface area contributed by atoms with Crippen molar-refractivity contribution in [3.63, 3.8) is 0 Å². The quantitative estimate of drug-likeness (QED) is 0.824. The summed E-state index contributed by atoms with van der Waals surface area (Å²) in [6.07, 6.45) is 1.40. The summed E-state index contributed by atoms with van der Waals surface area (Å²) in [6.45, 7) is 5.37. The minimum Gasteiger partial charge on any atom is -0.467 e. The minimum absolute atomic E-state index is 0.0226. The lowest BCUT2D eigenvalue weighted by atomic mass is 10.2. The number of aliphatic hydroxyl groups is 1. The molecule has 3 unspecified atom stereocenters. The number of hydrogen-bond acceptors (Lipinski definition) is 5. The van der Waals surface area contributed by atoms with Crippen LogP contribution in [0, 0.1) is 0 Å². The summed E-state index contributed by atoms with van der Waals surface area (Å²) >= 11 is 0. The zero-order chi connectivity index (χ0) is 14.5. The number of nitrogens with zero attached hydrogens (tertiary/aromatic N) is 1. The van der Waals surface area contributed by atoms with Gasteiger partial charge in [0.05, 0.1) is 37.7 Å². The third-order valence-corrected chi connectivity index (χ3v) is 3.32. The summed E-state index contributed by atoms with van der Waals surface area (Å²) < 4.78 is 10.8. The Morgan fingerprint density at radius 1 is 1.60 bits per heavy atom. The second-order valence-electron chi connectivity index (χ2n) is 5.25. The Morgan fingerprint density at radius 3 is 3.05 bits per heavy atom. The lowest BCUT2D eigenvalue weighted by Crippen LogP contribution is -2.51. The molecule has 0 bridgehead atoms. The van der Waals surface area contributed by atoms with Gasteiger partial charge in [-0.3, -0.25) is 9.69 Å². The highest BCUT2D eigenvalue weighted by Crippen LogP contribution is 2.13. The van der Waals surface area contributed by atoms with E-state index in [0.29, 0.717) is 19.6 Å². The smallest absolute Gasteiger partial charge is 0.234 e. The van der Waals surface area contributed by atoms with Crippen LogP contribution in [-0.4, -0.2) is 54.4 Å². The van der Waals surface area contributed by atoms with Crippen LogP contribution in [0.15, 0.2) is 22.8 Å². The number of rotatable bonds is 5. The van der Waals surface area contributed by atoms with Crippen LogP contribution in [-0.2, 0) is 9.53 Å². The second kappa shape index (κ2) is 6.88. The van der Waals surface area contributed by atoms with Gasteiger partial charge in [-0.15, -0.1) is 0 Å². The first-order chi connectivity index (χ1) is 9.58. The number of ether oxygens (including phenoxy) is 1. The van der Waals surface area contributed by atoms with Crippen molar-refractivity contribution in [3.05, 3.63) is 24.2 Å². The summed E-state index contributed by atoms with van der Waals surface area (Å²) in [6, 6.07) is 3.49. The maximum absolute atomic E-state index is 12.0. The summed E-state index contributed by atoms with van der Waals surface area (Å²) in [7, 11) is 0. The highest BCUT2D eigenvalue weighted by atomic mass is 16.5. The molecule has 0 radical (unpaired) electrons. The molecule has 1 saturated heterocycles. The van der Waals surface area contributed by atoms with E-state index in [4.69, 9.17) is 14.3 Å². The van der Waals surface area contributed by atoms with Crippen molar-refractivity contribution in [1.29, 1.82) is 0 Å². The van der Waals surface area contributed by atoms with Crippen molar-refractivity contribution < 1.29 is 19.1 Å². The fourth-order valence-electron chi connectivity index (χ4n) is 2.47. The molecule has 0 saturated carbocycles. The molecule has 0 spiro atoms. The zero-order valence-corrected chi connectivity index (χ0v) is 11.9. The van der Waals surface area contributed by atoms with Crippen molar-refractivity contribution in [2.24, 2.45) is 0 Å². The Kier molecular flexibility index (Phi) is 5.17. The molecule has 3 atom stereocenters. The van der Waals surface area contributed by atoms with Crippen LogP contribution in [0.2, 0.25) is 0 Å². The summed E-state index contributed by atoms with van der Waals surface area (Å²) in [5.41, 5.74) is 0. The molecule has 2 rings (SSSR count). The third-order valence-electron chi connectivity index (χ3n) is 3.32. The molecular formula is C14H22N2O4. The number of hydrogen-bond donors (Lipinski definition) is 2. The van der Waals surface area contributed by atoms with E-state index in [2.05, 4.69) is 5.32 Å². The first kappa shape index (κ1) is 15.0. The number of carbonyl (C=O) groups is 1. The predicted molar refractivity (Wildman–Crippen MR) is 73.1 cm³/mol. The van der Waals surface area contributed by atoms with Gasteiger partial charge in [0, 0.05) is 13.1 Å². The molecule has 1 fully saturated rings. The summed E-state index contributed by atoms with van der Waals surface area (Å²) in [4.78, 5) is 14.0. The van der Waals surface area contributed by atoms with E-state index in [0.717, 1.165) is 5.76 Å². The average Bonchev–Trinajstić information content (AvgIpc) is 2.91. The fourth-order valence-corrected chi connectivity index (χ4v) is 2.47. The number of carbonyl (C=O) groups excluding carboxylic acids is 1. The molecule has 2 heterocycles. The first-order valence-electron chi connectivity index (χ1n) is 6.90. The molecule has 0 aliphatic carbocycles. The van der Waals surface area contributed by atoms with Gasteiger partial charge in [0.25, 0.3) is 0 Å². The van der Waals surface area contributed by atoms with Crippen LogP contribution in [0.3, 0.4) is 0 Å². The van der Waals surface area contributed by atoms with E-state index in [1.165, 1.54) is 0 Å². The van der Waals surface area contributed by atoms with Crippen LogP contribution in [0.4, 0.5) is 0 Å². The number of nitrogens with one attached hydrogen (secondary N) is 1. The van der Waals surface area contributed by atoms with Crippen molar-refractivity contribution in [1.82, 2.24) is 10.2 Å². The molecular weight excluding hydrogens is 260 g/mol. The van der Waals surface area contributed by atoms with Crippen LogP contribution in [0.1, 0.15) is 25.6 Å². The van der Waals surface area contributed by atoms with Gasteiger partial charge in [-0.25, -0.2) is 0 Å². The number of morpholine rings is 1. The summed E-state index contributed by atoms with van der Waals surface area (Å²) in [5.74, 6) is 0.682. The average molecular weight is 282 g/mol. The Balaban J connectivity index is 1.82. The zero-order valence-electron chi connectivity index (χ0n) is 11.9. The van der Waals surface area contributed by atoms with Crippen LogP contribution in [0.25, 0.3) is 0 Å². The minimum atomic E-state index is -0.214. The topological polar surface area (TPSA) is 74.9 Å². The molecule has 6 heteroatoms. The van der Waals surface area contributed by atoms with Gasteiger partial charge in [-0.05, 0) is 26.0 Å². The number of furan rings is 1. The first-order valence-corrected chi connectivity index (χ1v) is 6.90. The van der Waals surface area contributed by atoms with Crippen molar-refractivity contribution in [2.45, 2.75) is 32.1 Å². The lowest BCUT2D eigenvalue weighted by molar-refractivity contribution is -0.129. The molecule has 2 N–H and O–H groups in total. The van der Waals surface area contributed by atoms with Gasteiger partial charge in [-0.2, -0.15) is 0 Å². The molecule has 20 heavy (non-hydrogen) atoms. The fraction of sp³-hybridized carbons (Fsp3) is 0.643. The lowest BCUT2D eigenvalue weighted by Gasteiger charge is -2.35. The van der Waals surface area contributed by atoms with E-state index < -0.39 is 0 Å². The molecule has 1 aliphatic rings. The Bertz CT molecular complexity index is 421. The molecule has 1 aromatic rings. The van der Waals surface area contributed by atoms with Crippen LogP contribution >= 0.6 is 0 Å². The largest absolute Gasteiger partial charge is 0.467 e. The Hall–Kier alpha value is -1.37. The Morgan fingerprint density at radius 2 is 2.40 bits per heavy atom. The van der Waals surface area contributed by atoms with Crippen LogP contribution in [0.5, 0.6) is 0 Å². The van der Waals surface area contributed by atoms with Gasteiger partial charge < -0.3 is 19.6 Å². The normalized spacial score (nSPS) is 25.4. The molecule has 1 amide bonds. The van der Waals surface area contributed by atoms with Crippen molar-refractivity contribution in [2.75, 3.05) is 26.2 Å². The predicted octanol–water partition coefficient (Wildman–Crippen LogP) is 0.538. The van der Waals surface area contributed by atoms with E-state index in [1.807, 2.05) is 24.8 Å². The standard InChI is InChI=1S/C14H22N2O4/c1-10-6-16(7-12(9-17)20-10)8-14(18)15-11(2)13-4-3-5-19-13/h3-5,10-12,17H,6-9H2,1-2H3,(H,15,18). The maximum atomic E-state index is 12.0. The van der Waals surface area contributed by atoms with Gasteiger partial charge >= 0.3 is 0 Å². The second-order valence-corrected chi connectivity index (χ2v) is 5.25. The molecule has 6 nitrogen and oxygen atoms in total. The number of aliphatic hydroxyl groups excluding tert-OH is 1. The highest BCUT2D eigenvalue weighted by Gasteiger charge is 2.26. The monoisotopic (exact) mass is 282 g/mol. The molecule has 0 aromatic carbocycles. The Labute approximate surface area is 118 Å². The van der Waals surface area contributed by atoms with Gasteiger partial charge in [0.2, 0.25) is 5.91 Å². The van der Waals surface area contributed by atoms with E-state index in [9.17, 15) is 4.79 Å². The maximum Gasteiger partial charge on any atom is 0.234 e. The van der Waals surface area contributed by atoms with E-state index in [-0.39, 0.29) is 30.8 Å². The van der Waals surface area contributed by atoms with E-state index in [1.54, 1.807) is 12.3 Å². The van der Waals surface area contributed by atoms with Crippen LogP contribution < -0.4 is 5.32 Å². The molecule has 1 aromatic heterocycles. The van der Waals surface area contributed by atoms with Crippen molar-refractivity contribution in [3.8, 4) is 0 Å². The SMILES string of the molecule is CC1CN(CC(=O)NC(C)c2ccco2)CC(CO)O1.